The first-order chi connectivity index (χ1) is 17.3. The van der Waals surface area contributed by atoms with Crippen LogP contribution in [0.5, 0.6) is 0 Å². The van der Waals surface area contributed by atoms with Crippen LogP contribution in [0.3, 0.4) is 0 Å². The van der Waals surface area contributed by atoms with Gasteiger partial charge in [0.05, 0.1) is 5.69 Å². The molecule has 1 nitrogen and oxygen atoms in total. The van der Waals surface area contributed by atoms with Gasteiger partial charge in [-0.3, -0.25) is 0 Å². The maximum absolute atomic E-state index is 2.55. The molecule has 6 rings (SSSR count). The van der Waals surface area contributed by atoms with Gasteiger partial charge in [0.15, 0.2) is 0 Å². The number of aryl methyl sites for hydroxylation is 1. The summed E-state index contributed by atoms with van der Waals surface area (Å²) in [5.74, 6) is 0.465. The Kier molecular flexibility index (Phi) is 5.68. The number of fused-ring (bicyclic) bond motifs is 2. The Morgan fingerprint density at radius 2 is 1.20 bits per heavy atom. The third-order valence-corrected chi connectivity index (χ3v) is 7.21. The molecule has 0 radical (unpaired) electrons. The molecule has 0 heterocycles. The molecule has 0 saturated carbocycles. The summed E-state index contributed by atoms with van der Waals surface area (Å²) in [5.41, 5.74) is 6.37. The lowest BCUT2D eigenvalue weighted by atomic mass is 9.93. The summed E-state index contributed by atoms with van der Waals surface area (Å²) in [6.07, 6.45) is 10.1. The summed E-state index contributed by atoms with van der Waals surface area (Å²) in [5, 5.41) is 5.27. The number of benzene rings is 5. The van der Waals surface area contributed by atoms with Crippen LogP contribution in [0.2, 0.25) is 0 Å². The SMILES string of the molecule is Cc1c2ccccc2c(N(CC2C=CC=CC2)c2ccc(-c3ccccc3)cc2)c2ccccc12. The minimum absolute atomic E-state index is 0.465. The largest absolute Gasteiger partial charge is 0.340 e. The van der Waals surface area contributed by atoms with Crippen LogP contribution >= 0.6 is 0 Å². The van der Waals surface area contributed by atoms with Crippen molar-refractivity contribution in [2.75, 3.05) is 11.4 Å². The third kappa shape index (κ3) is 4.04. The van der Waals surface area contributed by atoms with E-state index in [0.29, 0.717) is 5.92 Å². The first kappa shape index (κ1) is 21.4. The van der Waals surface area contributed by atoms with Crippen molar-refractivity contribution in [2.45, 2.75) is 13.3 Å². The van der Waals surface area contributed by atoms with Crippen molar-refractivity contribution >= 4 is 32.9 Å². The maximum atomic E-state index is 2.55. The molecule has 0 aromatic heterocycles. The van der Waals surface area contributed by atoms with E-state index in [9.17, 15) is 0 Å². The average molecular weight is 452 g/mol. The lowest BCUT2D eigenvalue weighted by molar-refractivity contribution is 0.658. The second-order valence-corrected chi connectivity index (χ2v) is 9.40. The molecule has 1 aliphatic carbocycles. The van der Waals surface area contributed by atoms with Gasteiger partial charge in [0, 0.05) is 23.0 Å². The van der Waals surface area contributed by atoms with E-state index in [2.05, 4.69) is 139 Å². The van der Waals surface area contributed by atoms with Crippen LogP contribution in [0.15, 0.2) is 127 Å². The lowest BCUT2D eigenvalue weighted by Crippen LogP contribution is -2.25. The Hall–Kier alpha value is -4.10. The van der Waals surface area contributed by atoms with E-state index in [-0.39, 0.29) is 0 Å². The zero-order valence-corrected chi connectivity index (χ0v) is 20.1. The second-order valence-electron chi connectivity index (χ2n) is 9.40. The Labute approximate surface area is 207 Å². The van der Waals surface area contributed by atoms with E-state index < -0.39 is 0 Å². The van der Waals surface area contributed by atoms with Gasteiger partial charge in [-0.05, 0) is 58.9 Å². The molecule has 0 amide bonds. The Bertz CT molecular complexity index is 1480. The second kappa shape index (κ2) is 9.27. The highest BCUT2D eigenvalue weighted by atomic mass is 15.1. The van der Waals surface area contributed by atoms with Gasteiger partial charge in [-0.2, -0.15) is 0 Å². The van der Waals surface area contributed by atoms with Gasteiger partial charge in [0.1, 0.15) is 0 Å². The van der Waals surface area contributed by atoms with Gasteiger partial charge < -0.3 is 4.90 Å². The predicted molar refractivity (Wildman–Crippen MR) is 151 cm³/mol. The summed E-state index contributed by atoms with van der Waals surface area (Å²) < 4.78 is 0. The van der Waals surface area contributed by atoms with Crippen molar-refractivity contribution in [2.24, 2.45) is 5.92 Å². The van der Waals surface area contributed by atoms with E-state index in [1.54, 1.807) is 0 Å². The predicted octanol–water partition coefficient (Wildman–Crippen LogP) is 9.24. The van der Waals surface area contributed by atoms with Gasteiger partial charge in [-0.25, -0.2) is 0 Å². The van der Waals surface area contributed by atoms with Crippen LogP contribution < -0.4 is 4.90 Å². The quantitative estimate of drug-likeness (QED) is 0.241. The van der Waals surface area contributed by atoms with Gasteiger partial charge in [-0.1, -0.05) is 115 Å². The normalized spacial score (nSPS) is 15.1. The van der Waals surface area contributed by atoms with E-state index in [1.807, 2.05) is 0 Å². The molecule has 0 N–H and O–H groups in total. The Morgan fingerprint density at radius 3 is 1.80 bits per heavy atom. The molecule has 5 aromatic rings. The van der Waals surface area contributed by atoms with Crippen molar-refractivity contribution in [1.82, 2.24) is 0 Å². The van der Waals surface area contributed by atoms with E-state index >= 15 is 0 Å². The highest BCUT2D eigenvalue weighted by molar-refractivity contribution is 6.14. The first-order valence-corrected chi connectivity index (χ1v) is 12.5. The van der Waals surface area contributed by atoms with Gasteiger partial charge in [0.25, 0.3) is 0 Å². The summed E-state index contributed by atoms with van der Waals surface area (Å²) in [4.78, 5) is 2.55. The first-order valence-electron chi connectivity index (χ1n) is 12.5. The Morgan fingerprint density at radius 1 is 0.629 bits per heavy atom. The minimum Gasteiger partial charge on any atom is -0.340 e. The molecule has 0 aliphatic heterocycles. The van der Waals surface area contributed by atoms with Crippen LogP contribution in [0.4, 0.5) is 11.4 Å². The highest BCUT2D eigenvalue weighted by Crippen LogP contribution is 2.42. The number of nitrogens with zero attached hydrogens (tertiary/aromatic N) is 1. The number of allylic oxidation sites excluding steroid dienone is 3. The number of hydrogen-bond acceptors (Lipinski definition) is 1. The fraction of sp³-hybridized carbons (Fsp3) is 0.118. The molecule has 35 heavy (non-hydrogen) atoms. The molecule has 5 aromatic carbocycles. The van der Waals surface area contributed by atoms with Crippen LogP contribution in [-0.2, 0) is 0 Å². The number of hydrogen-bond donors (Lipinski definition) is 0. The van der Waals surface area contributed by atoms with Crippen LogP contribution in [0.25, 0.3) is 32.7 Å². The third-order valence-electron chi connectivity index (χ3n) is 7.21. The standard InChI is InChI=1S/C34H29N/c1-25-30-16-8-10-18-32(30)34(33-19-11-9-17-31(25)33)35(24-26-12-4-2-5-13-26)29-22-20-28(21-23-29)27-14-6-3-7-15-27/h2-12,14-23,26H,13,24H2,1H3. The van der Waals surface area contributed by atoms with Crippen molar-refractivity contribution in [1.29, 1.82) is 0 Å². The molecule has 1 aliphatic rings. The fourth-order valence-electron chi connectivity index (χ4n) is 5.41. The molecule has 170 valence electrons. The minimum atomic E-state index is 0.465. The van der Waals surface area contributed by atoms with E-state index in [0.717, 1.165) is 13.0 Å². The van der Waals surface area contributed by atoms with Crippen molar-refractivity contribution < 1.29 is 0 Å². The molecule has 0 fully saturated rings. The molecule has 0 spiro atoms. The monoisotopic (exact) mass is 451 g/mol. The fourth-order valence-corrected chi connectivity index (χ4v) is 5.41. The summed E-state index contributed by atoms with van der Waals surface area (Å²) in [6, 6.07) is 37.4. The molecular weight excluding hydrogens is 422 g/mol. The molecule has 1 unspecified atom stereocenters. The van der Waals surface area contributed by atoms with Crippen molar-refractivity contribution in [3.8, 4) is 11.1 Å². The van der Waals surface area contributed by atoms with Crippen LogP contribution in [-0.4, -0.2) is 6.54 Å². The van der Waals surface area contributed by atoms with E-state index in [1.165, 1.54) is 49.6 Å². The summed E-state index contributed by atoms with van der Waals surface area (Å²) in [7, 11) is 0. The molecule has 1 atom stereocenters. The zero-order chi connectivity index (χ0) is 23.6. The van der Waals surface area contributed by atoms with Crippen molar-refractivity contribution in [3.05, 3.63) is 133 Å². The topological polar surface area (TPSA) is 3.24 Å². The van der Waals surface area contributed by atoms with Gasteiger partial charge in [-0.15, -0.1) is 0 Å². The molecule has 0 bridgehead atoms. The van der Waals surface area contributed by atoms with Crippen LogP contribution in [0.1, 0.15) is 12.0 Å². The molecular formula is C34H29N. The van der Waals surface area contributed by atoms with Crippen molar-refractivity contribution in [3.63, 3.8) is 0 Å². The Balaban J connectivity index is 1.55. The van der Waals surface area contributed by atoms with Gasteiger partial charge in [0.2, 0.25) is 0 Å². The summed E-state index contributed by atoms with van der Waals surface area (Å²) in [6.45, 7) is 3.19. The lowest BCUT2D eigenvalue weighted by Gasteiger charge is -2.32. The van der Waals surface area contributed by atoms with Gasteiger partial charge >= 0.3 is 0 Å². The molecule has 0 saturated heterocycles. The zero-order valence-electron chi connectivity index (χ0n) is 20.1. The highest BCUT2D eigenvalue weighted by Gasteiger charge is 2.21. The summed E-state index contributed by atoms with van der Waals surface area (Å²) >= 11 is 0. The maximum Gasteiger partial charge on any atom is 0.0570 e. The van der Waals surface area contributed by atoms with Crippen LogP contribution in [0, 0.1) is 12.8 Å². The average Bonchev–Trinajstić information content (AvgIpc) is 2.94. The van der Waals surface area contributed by atoms with E-state index in [4.69, 9.17) is 0 Å². The number of anilines is 2. The number of rotatable bonds is 5. The molecule has 1 heteroatoms. The smallest absolute Gasteiger partial charge is 0.0570 e.